The molecule has 1 N–H and O–H groups in total. The Bertz CT molecular complexity index is 1230. The normalized spacial score (nSPS) is 13.3. The number of fused-ring (bicyclic) bond motifs is 3. The van der Waals surface area contributed by atoms with Gasteiger partial charge in [-0.3, -0.25) is 19.0 Å². The van der Waals surface area contributed by atoms with Gasteiger partial charge in [-0.25, -0.2) is 4.98 Å². The summed E-state index contributed by atoms with van der Waals surface area (Å²) in [6.45, 7) is 1.36. The maximum Gasteiger partial charge on any atom is 0.263 e. The topological polar surface area (TPSA) is 84.3 Å². The van der Waals surface area contributed by atoms with E-state index in [4.69, 9.17) is 4.98 Å². The fraction of sp³-hybridized carbons (Fsp3) is 0.440. The number of thiophene rings is 1. The number of carbonyl (C=O) groups excluding carboxylic acids is 2. The number of nitrogens with one attached hydrogen (secondary N) is 1. The van der Waals surface area contributed by atoms with E-state index in [0.29, 0.717) is 17.3 Å². The van der Waals surface area contributed by atoms with Crippen LogP contribution in [-0.2, 0) is 24.2 Å². The third-order valence-corrected chi connectivity index (χ3v) is 8.06. The van der Waals surface area contributed by atoms with Gasteiger partial charge >= 0.3 is 0 Å². The van der Waals surface area contributed by atoms with E-state index < -0.39 is 0 Å². The van der Waals surface area contributed by atoms with Crippen molar-refractivity contribution < 1.29 is 9.59 Å². The summed E-state index contributed by atoms with van der Waals surface area (Å²) in [4.78, 5) is 47.3. The van der Waals surface area contributed by atoms with E-state index in [2.05, 4.69) is 10.2 Å². The van der Waals surface area contributed by atoms with Gasteiger partial charge in [-0.05, 0) is 58.3 Å². The maximum atomic E-state index is 13.5. The minimum Gasteiger partial charge on any atom is -0.348 e. The molecule has 1 aliphatic rings. The van der Waals surface area contributed by atoms with Crippen LogP contribution in [0, 0.1) is 0 Å². The van der Waals surface area contributed by atoms with Crippen LogP contribution in [0.2, 0.25) is 0 Å². The van der Waals surface area contributed by atoms with E-state index in [1.807, 2.05) is 20.2 Å². The van der Waals surface area contributed by atoms with Gasteiger partial charge in [0.25, 0.3) is 5.56 Å². The molecule has 2 heterocycles. The van der Waals surface area contributed by atoms with Crippen molar-refractivity contribution in [2.24, 2.45) is 0 Å². The standard InChI is InChI=1S/C25H30N4O3S2/c1-28(2)13-8-14-29-24(32)22-18-11-6-7-12-20(18)34-23(22)27-25(29)33-16-21(31)26-15-19(30)17-9-4-3-5-10-17/h3-5,9-10H,6-8,11-16H2,1-2H3,(H,26,31). The molecule has 4 rings (SSSR count). The molecule has 1 aromatic carbocycles. The second-order valence-electron chi connectivity index (χ2n) is 8.75. The average Bonchev–Trinajstić information content (AvgIpc) is 3.21. The number of hydrogen-bond acceptors (Lipinski definition) is 7. The van der Waals surface area contributed by atoms with Gasteiger partial charge in [-0.15, -0.1) is 11.3 Å². The highest BCUT2D eigenvalue weighted by atomic mass is 32.2. The molecule has 9 heteroatoms. The van der Waals surface area contributed by atoms with Gasteiger partial charge in [-0.1, -0.05) is 42.1 Å². The molecule has 0 radical (unpaired) electrons. The average molecular weight is 499 g/mol. The molecule has 34 heavy (non-hydrogen) atoms. The van der Waals surface area contributed by atoms with Crippen LogP contribution in [0.4, 0.5) is 0 Å². The quantitative estimate of drug-likeness (QED) is 0.262. The van der Waals surface area contributed by atoms with E-state index in [0.717, 1.165) is 48.9 Å². The lowest BCUT2D eigenvalue weighted by molar-refractivity contribution is -0.118. The molecule has 0 aliphatic heterocycles. The Morgan fingerprint density at radius 3 is 2.71 bits per heavy atom. The number of Topliss-reactive ketones (excluding diaryl/α,β-unsaturated/α-hetero) is 1. The minimum absolute atomic E-state index is 0.00493. The van der Waals surface area contributed by atoms with Gasteiger partial charge in [0.2, 0.25) is 5.91 Å². The van der Waals surface area contributed by atoms with E-state index in [1.165, 1.54) is 22.2 Å². The number of aryl methyl sites for hydroxylation is 2. The Kier molecular flexibility index (Phi) is 8.18. The fourth-order valence-corrected chi connectivity index (χ4v) is 6.32. The van der Waals surface area contributed by atoms with E-state index in [9.17, 15) is 14.4 Å². The molecule has 3 aromatic rings. The number of ketones is 1. The third-order valence-electron chi connectivity index (χ3n) is 5.90. The highest BCUT2D eigenvalue weighted by Gasteiger charge is 2.22. The Morgan fingerprint density at radius 2 is 1.94 bits per heavy atom. The van der Waals surface area contributed by atoms with Crippen LogP contribution < -0.4 is 10.9 Å². The third kappa shape index (κ3) is 5.76. The molecule has 1 aliphatic carbocycles. The molecule has 0 bridgehead atoms. The van der Waals surface area contributed by atoms with Crippen molar-refractivity contribution in [3.05, 3.63) is 56.7 Å². The first-order chi connectivity index (χ1) is 16.4. The summed E-state index contributed by atoms with van der Waals surface area (Å²) in [6.07, 6.45) is 5.03. The molecule has 0 fully saturated rings. The smallest absolute Gasteiger partial charge is 0.263 e. The van der Waals surface area contributed by atoms with Crippen molar-refractivity contribution in [3.63, 3.8) is 0 Å². The van der Waals surface area contributed by atoms with Crippen LogP contribution >= 0.6 is 23.1 Å². The van der Waals surface area contributed by atoms with Crippen LogP contribution in [0.25, 0.3) is 10.2 Å². The Balaban J connectivity index is 1.50. The zero-order valence-electron chi connectivity index (χ0n) is 19.6. The highest BCUT2D eigenvalue weighted by molar-refractivity contribution is 7.99. The van der Waals surface area contributed by atoms with Crippen LogP contribution in [0.1, 0.15) is 40.1 Å². The second kappa shape index (κ2) is 11.3. The first kappa shape index (κ1) is 24.6. The molecule has 0 unspecified atom stereocenters. The van der Waals surface area contributed by atoms with Crippen LogP contribution in [0.5, 0.6) is 0 Å². The summed E-state index contributed by atoms with van der Waals surface area (Å²) in [7, 11) is 4.02. The number of hydrogen-bond donors (Lipinski definition) is 1. The SMILES string of the molecule is CN(C)CCCn1c(SCC(=O)NCC(=O)c2ccccc2)nc2sc3c(c2c1=O)CCCC3. The number of amides is 1. The predicted octanol–water partition coefficient (Wildman–Crippen LogP) is 3.38. The molecule has 0 spiro atoms. The molecule has 1 amide bonds. The lowest BCUT2D eigenvalue weighted by Crippen LogP contribution is -2.31. The summed E-state index contributed by atoms with van der Waals surface area (Å²) in [5.41, 5.74) is 1.75. The zero-order chi connectivity index (χ0) is 24.1. The Hall–Kier alpha value is -2.49. The monoisotopic (exact) mass is 498 g/mol. The number of nitrogens with zero attached hydrogens (tertiary/aromatic N) is 3. The van der Waals surface area contributed by atoms with Crippen molar-refractivity contribution in [1.82, 2.24) is 19.8 Å². The van der Waals surface area contributed by atoms with Gasteiger partial charge in [0.15, 0.2) is 10.9 Å². The Morgan fingerprint density at radius 1 is 1.18 bits per heavy atom. The molecule has 0 atom stereocenters. The summed E-state index contributed by atoms with van der Waals surface area (Å²) in [5, 5.41) is 4.03. The van der Waals surface area contributed by atoms with Crippen LogP contribution in [0.3, 0.4) is 0 Å². The van der Waals surface area contributed by atoms with Gasteiger partial charge in [0.1, 0.15) is 4.83 Å². The summed E-state index contributed by atoms with van der Waals surface area (Å²) < 4.78 is 1.74. The van der Waals surface area contributed by atoms with Crippen molar-refractivity contribution in [2.45, 2.75) is 43.8 Å². The van der Waals surface area contributed by atoms with Gasteiger partial charge in [0, 0.05) is 17.0 Å². The maximum absolute atomic E-state index is 13.5. The molecule has 0 saturated heterocycles. The lowest BCUT2D eigenvalue weighted by atomic mass is 9.97. The van der Waals surface area contributed by atoms with Gasteiger partial charge in [-0.2, -0.15) is 0 Å². The number of aromatic nitrogens is 2. The Labute approximate surface area is 207 Å². The molecule has 7 nitrogen and oxygen atoms in total. The number of benzene rings is 1. The van der Waals surface area contributed by atoms with E-state index >= 15 is 0 Å². The first-order valence-electron chi connectivity index (χ1n) is 11.6. The summed E-state index contributed by atoms with van der Waals surface area (Å²) >= 11 is 2.88. The predicted molar refractivity (Wildman–Crippen MR) is 138 cm³/mol. The number of thioether (sulfide) groups is 1. The lowest BCUT2D eigenvalue weighted by Gasteiger charge is -2.15. The minimum atomic E-state index is -0.256. The molecule has 2 aromatic heterocycles. The number of carbonyl (C=O) groups is 2. The largest absolute Gasteiger partial charge is 0.348 e. The van der Waals surface area contributed by atoms with Crippen molar-refractivity contribution in [2.75, 3.05) is 32.9 Å². The molecular formula is C25H30N4O3S2. The van der Waals surface area contributed by atoms with Crippen molar-refractivity contribution in [3.8, 4) is 0 Å². The summed E-state index contributed by atoms with van der Waals surface area (Å²) in [6, 6.07) is 8.90. The van der Waals surface area contributed by atoms with Crippen LogP contribution in [-0.4, -0.2) is 59.1 Å². The van der Waals surface area contributed by atoms with Crippen molar-refractivity contribution >= 4 is 45.0 Å². The second-order valence-corrected chi connectivity index (χ2v) is 10.8. The zero-order valence-corrected chi connectivity index (χ0v) is 21.3. The van der Waals surface area contributed by atoms with E-state index in [1.54, 1.807) is 40.2 Å². The molecule has 0 saturated carbocycles. The van der Waals surface area contributed by atoms with E-state index in [-0.39, 0.29) is 29.5 Å². The highest BCUT2D eigenvalue weighted by Crippen LogP contribution is 2.34. The molecule has 180 valence electrons. The number of rotatable bonds is 10. The molecular weight excluding hydrogens is 468 g/mol. The van der Waals surface area contributed by atoms with Gasteiger partial charge < -0.3 is 10.2 Å². The first-order valence-corrected chi connectivity index (χ1v) is 13.4. The summed E-state index contributed by atoms with van der Waals surface area (Å²) in [5.74, 6) is -0.295. The van der Waals surface area contributed by atoms with Crippen LogP contribution in [0.15, 0.2) is 40.3 Å². The fourth-order valence-electron chi connectivity index (χ4n) is 4.16. The van der Waals surface area contributed by atoms with Gasteiger partial charge in [0.05, 0.1) is 17.7 Å². The van der Waals surface area contributed by atoms with Crippen molar-refractivity contribution in [1.29, 1.82) is 0 Å².